The van der Waals surface area contributed by atoms with Crippen molar-refractivity contribution < 1.29 is 33.8 Å². The molecule has 2 N–H and O–H groups in total. The summed E-state index contributed by atoms with van der Waals surface area (Å²) in [4.78, 5) is 74.4. The van der Waals surface area contributed by atoms with Crippen LogP contribution >= 0.6 is 0 Å². The van der Waals surface area contributed by atoms with Crippen LogP contribution in [0.1, 0.15) is 18.4 Å². The molecule has 0 radical (unpaired) electrons. The fourth-order valence-corrected chi connectivity index (χ4v) is 5.22. The highest BCUT2D eigenvalue weighted by Gasteiger charge is 2.42. The van der Waals surface area contributed by atoms with Gasteiger partial charge in [0.25, 0.3) is 0 Å². The first-order valence-corrected chi connectivity index (χ1v) is 13.8. The minimum atomic E-state index is -1.24. The lowest BCUT2D eigenvalue weighted by atomic mass is 10.0. The van der Waals surface area contributed by atoms with Crippen molar-refractivity contribution in [2.24, 2.45) is 0 Å². The first-order valence-electron chi connectivity index (χ1n) is 13.8. The zero-order valence-corrected chi connectivity index (χ0v) is 23.6. The van der Waals surface area contributed by atoms with Crippen LogP contribution in [-0.2, 0) is 35.3 Å². The van der Waals surface area contributed by atoms with E-state index in [-0.39, 0.29) is 25.4 Å². The molecule has 2 aliphatic rings. The number of nitrogens with zero attached hydrogens (tertiary/aromatic N) is 5. The lowest BCUT2D eigenvalue weighted by Gasteiger charge is -2.41. The number of hydrogen-bond donors (Lipinski definition) is 2. The molecule has 4 rings (SSSR count). The number of piperazine rings is 2. The maximum atomic E-state index is 14.0. The van der Waals surface area contributed by atoms with Crippen LogP contribution in [0.25, 0.3) is 0 Å². The van der Waals surface area contributed by atoms with Gasteiger partial charge in [-0.1, -0.05) is 30.3 Å². The summed E-state index contributed by atoms with van der Waals surface area (Å²) in [7, 11) is 1.17. The molecule has 2 aliphatic heterocycles. The summed E-state index contributed by atoms with van der Waals surface area (Å²) < 4.78 is 4.75. The topological polar surface area (TPSA) is 153 Å². The fraction of sp³-hybridized carbons (Fsp3) is 0.448. The number of carboxylic acids is 1. The SMILES string of the molecule is COC(=O)C[C@H]1C(=O)N(CC(=O)O)CCN1C(=O)C(CC(=O)N1CCN(c2ccncc2)CC1)NCc1ccccc1. The molecule has 42 heavy (non-hydrogen) atoms. The van der Waals surface area contributed by atoms with Crippen LogP contribution in [0.15, 0.2) is 54.9 Å². The third-order valence-corrected chi connectivity index (χ3v) is 7.51. The lowest BCUT2D eigenvalue weighted by Crippen LogP contribution is -2.63. The number of methoxy groups -OCH3 is 1. The number of rotatable bonds is 11. The van der Waals surface area contributed by atoms with E-state index in [0.29, 0.717) is 32.7 Å². The van der Waals surface area contributed by atoms with Gasteiger partial charge in [0.15, 0.2) is 0 Å². The van der Waals surface area contributed by atoms with Crippen molar-refractivity contribution in [3.05, 3.63) is 60.4 Å². The Labute approximate surface area is 244 Å². The maximum absolute atomic E-state index is 14.0. The largest absolute Gasteiger partial charge is 0.480 e. The van der Waals surface area contributed by atoms with Crippen LogP contribution < -0.4 is 10.2 Å². The van der Waals surface area contributed by atoms with Crippen molar-refractivity contribution in [1.29, 1.82) is 0 Å². The first-order chi connectivity index (χ1) is 20.3. The molecular formula is C29H36N6O7. The highest BCUT2D eigenvalue weighted by molar-refractivity contribution is 5.96. The number of carbonyl (C=O) groups is 5. The summed E-state index contributed by atoms with van der Waals surface area (Å²) in [6, 6.07) is 11.0. The Bertz CT molecular complexity index is 1250. The number of nitrogens with one attached hydrogen (secondary N) is 1. The second-order valence-corrected chi connectivity index (χ2v) is 10.2. The van der Waals surface area contributed by atoms with E-state index >= 15 is 0 Å². The van der Waals surface area contributed by atoms with E-state index in [4.69, 9.17) is 4.74 Å². The van der Waals surface area contributed by atoms with E-state index < -0.39 is 48.8 Å². The van der Waals surface area contributed by atoms with Crippen molar-refractivity contribution in [2.75, 3.05) is 57.8 Å². The number of amides is 3. The van der Waals surface area contributed by atoms with Gasteiger partial charge in [0, 0.05) is 63.9 Å². The number of carbonyl (C=O) groups excluding carboxylic acids is 4. The number of aromatic nitrogens is 1. The van der Waals surface area contributed by atoms with E-state index in [1.54, 1.807) is 17.3 Å². The number of esters is 1. The minimum absolute atomic E-state index is 0.00906. The maximum Gasteiger partial charge on any atom is 0.323 e. The second-order valence-electron chi connectivity index (χ2n) is 10.2. The molecule has 1 aromatic heterocycles. The first kappa shape index (κ1) is 30.4. The number of aliphatic carboxylic acids is 1. The van der Waals surface area contributed by atoms with Gasteiger partial charge in [-0.2, -0.15) is 0 Å². The van der Waals surface area contributed by atoms with Gasteiger partial charge in [-0.25, -0.2) is 0 Å². The van der Waals surface area contributed by atoms with Crippen molar-refractivity contribution in [1.82, 2.24) is 25.0 Å². The van der Waals surface area contributed by atoms with Gasteiger partial charge in [0.05, 0.1) is 26.0 Å². The molecule has 0 saturated carbocycles. The third-order valence-electron chi connectivity index (χ3n) is 7.51. The van der Waals surface area contributed by atoms with E-state index in [1.807, 2.05) is 42.5 Å². The summed E-state index contributed by atoms with van der Waals surface area (Å²) in [6.45, 7) is 2.00. The van der Waals surface area contributed by atoms with Gasteiger partial charge >= 0.3 is 11.9 Å². The Balaban J connectivity index is 1.49. The van der Waals surface area contributed by atoms with Crippen molar-refractivity contribution in [2.45, 2.75) is 31.5 Å². The van der Waals surface area contributed by atoms with Crippen LogP contribution in [0, 0.1) is 0 Å². The normalized spacial score (nSPS) is 18.0. The van der Waals surface area contributed by atoms with Gasteiger partial charge in [0.1, 0.15) is 12.6 Å². The molecule has 0 spiro atoms. The molecule has 2 aromatic rings. The van der Waals surface area contributed by atoms with Crippen LogP contribution in [-0.4, -0.2) is 119 Å². The van der Waals surface area contributed by atoms with Crippen LogP contribution in [0.5, 0.6) is 0 Å². The van der Waals surface area contributed by atoms with Gasteiger partial charge < -0.3 is 34.8 Å². The van der Waals surface area contributed by atoms with E-state index in [0.717, 1.165) is 16.2 Å². The average molecular weight is 581 g/mol. The Kier molecular flexibility index (Phi) is 10.4. The van der Waals surface area contributed by atoms with Crippen molar-refractivity contribution in [3.8, 4) is 0 Å². The smallest absolute Gasteiger partial charge is 0.323 e. The van der Waals surface area contributed by atoms with Crippen LogP contribution in [0.3, 0.4) is 0 Å². The van der Waals surface area contributed by atoms with Crippen LogP contribution in [0.2, 0.25) is 0 Å². The number of benzene rings is 1. The summed E-state index contributed by atoms with van der Waals surface area (Å²) in [6.07, 6.45) is 2.88. The van der Waals surface area contributed by atoms with Crippen molar-refractivity contribution in [3.63, 3.8) is 0 Å². The summed E-state index contributed by atoms with van der Waals surface area (Å²) >= 11 is 0. The molecule has 13 nitrogen and oxygen atoms in total. The molecule has 2 saturated heterocycles. The molecular weight excluding hydrogens is 544 g/mol. The Morgan fingerprint density at radius 3 is 2.33 bits per heavy atom. The van der Waals surface area contributed by atoms with Gasteiger partial charge in [-0.15, -0.1) is 0 Å². The predicted molar refractivity (Wildman–Crippen MR) is 151 cm³/mol. The standard InChI is InChI=1S/C29H36N6O7/c1-42-27(39)18-24-29(41)34(20-26(37)38)15-16-35(24)28(40)23(31-19-21-5-3-2-4-6-21)17-25(36)33-13-11-32(12-14-33)22-7-9-30-10-8-22/h2-10,23-24,31H,11-20H2,1H3,(H,37,38)/t23?,24-/m0/s1. The second kappa shape index (κ2) is 14.4. The Morgan fingerprint density at radius 1 is 1.00 bits per heavy atom. The molecule has 224 valence electrons. The molecule has 1 unspecified atom stereocenters. The highest BCUT2D eigenvalue weighted by Crippen LogP contribution is 2.20. The fourth-order valence-electron chi connectivity index (χ4n) is 5.22. The van der Waals surface area contributed by atoms with Crippen LogP contribution in [0.4, 0.5) is 5.69 Å². The Hall–Kier alpha value is -4.52. The third kappa shape index (κ3) is 7.81. The summed E-state index contributed by atoms with van der Waals surface area (Å²) in [5, 5.41) is 12.4. The molecule has 0 bridgehead atoms. The zero-order chi connectivity index (χ0) is 30.1. The predicted octanol–water partition coefficient (Wildman–Crippen LogP) is -0.0342. The highest BCUT2D eigenvalue weighted by atomic mass is 16.5. The molecule has 3 heterocycles. The van der Waals surface area contributed by atoms with Gasteiger partial charge in [-0.3, -0.25) is 29.0 Å². The molecule has 2 fully saturated rings. The zero-order valence-electron chi connectivity index (χ0n) is 23.6. The van der Waals surface area contributed by atoms with Gasteiger partial charge in [-0.05, 0) is 17.7 Å². The van der Waals surface area contributed by atoms with E-state index in [1.165, 1.54) is 12.0 Å². The molecule has 3 amide bonds. The average Bonchev–Trinajstić information content (AvgIpc) is 3.01. The molecule has 0 aliphatic carbocycles. The quantitative estimate of drug-likeness (QED) is 0.347. The number of ether oxygens (including phenoxy) is 1. The lowest BCUT2D eigenvalue weighted by molar-refractivity contribution is -0.160. The Morgan fingerprint density at radius 2 is 1.69 bits per heavy atom. The van der Waals surface area contributed by atoms with E-state index in [2.05, 4.69) is 15.2 Å². The molecule has 1 aromatic carbocycles. The number of anilines is 1. The monoisotopic (exact) mass is 580 g/mol. The number of carboxylic acid groups (broad SMARTS) is 1. The van der Waals surface area contributed by atoms with E-state index in [9.17, 15) is 29.1 Å². The molecule has 13 heteroatoms. The number of pyridine rings is 1. The molecule has 2 atom stereocenters. The summed E-state index contributed by atoms with van der Waals surface area (Å²) in [5.74, 6) is -3.27. The van der Waals surface area contributed by atoms with Crippen molar-refractivity contribution >= 4 is 35.3 Å². The number of hydrogen-bond acceptors (Lipinski definition) is 9. The summed E-state index contributed by atoms with van der Waals surface area (Å²) in [5.41, 5.74) is 1.93. The minimum Gasteiger partial charge on any atom is -0.480 e. The van der Waals surface area contributed by atoms with Gasteiger partial charge in [0.2, 0.25) is 17.7 Å².